The second kappa shape index (κ2) is 9.95. The van der Waals surface area contributed by atoms with Crippen LogP contribution in [0.15, 0.2) is 30.3 Å². The van der Waals surface area contributed by atoms with E-state index in [1.807, 2.05) is 29.2 Å². The number of hydrogen-bond donors (Lipinski definition) is 1. The number of hydrogen-bond acceptors (Lipinski definition) is 3. The normalized spacial score (nSPS) is 10.5. The molecule has 5 heteroatoms. The van der Waals surface area contributed by atoms with Crippen LogP contribution in [0.1, 0.15) is 32.3 Å². The predicted molar refractivity (Wildman–Crippen MR) is 94.9 cm³/mol. The van der Waals surface area contributed by atoms with Gasteiger partial charge < -0.3 is 9.64 Å². The Hall–Kier alpha value is -1.88. The number of carbonyl (C=O) groups is 1. The number of methoxy groups -OCH3 is 1. The Bertz CT molecular complexity index is 506. The van der Waals surface area contributed by atoms with Gasteiger partial charge in [0.05, 0.1) is 7.11 Å². The van der Waals surface area contributed by atoms with Crippen LogP contribution in [-0.2, 0) is 4.79 Å². The van der Waals surface area contributed by atoms with Crippen molar-refractivity contribution >= 4 is 29.3 Å². The van der Waals surface area contributed by atoms with Crippen molar-refractivity contribution in [2.24, 2.45) is 0 Å². The second-order valence-electron chi connectivity index (χ2n) is 4.89. The van der Waals surface area contributed by atoms with E-state index >= 15 is 0 Å². The molecule has 0 saturated heterocycles. The summed E-state index contributed by atoms with van der Waals surface area (Å²) < 4.78 is 5.09. The third-order valence-electron chi connectivity index (χ3n) is 3.05. The number of amides is 1. The van der Waals surface area contributed by atoms with Gasteiger partial charge in [0, 0.05) is 19.2 Å². The highest BCUT2D eigenvalue weighted by molar-refractivity contribution is 7.80. The minimum atomic E-state index is -0.210. The van der Waals surface area contributed by atoms with Crippen LogP contribution < -0.4 is 10.1 Å². The third kappa shape index (κ3) is 6.26. The van der Waals surface area contributed by atoms with E-state index in [0.717, 1.165) is 37.2 Å². The van der Waals surface area contributed by atoms with Crippen LogP contribution in [0.25, 0.3) is 6.08 Å². The standard InChI is InChI=1S/C17H24N2O2S/c1-4-12-19(13-5-2)17(22)18-16(20)11-8-14-6-9-15(21-3)10-7-14/h6-11H,4-5,12-13H2,1-3H3,(H,18,20,22)/b11-8+. The van der Waals surface area contributed by atoms with Gasteiger partial charge in [0.25, 0.3) is 0 Å². The molecule has 4 nitrogen and oxygen atoms in total. The summed E-state index contributed by atoms with van der Waals surface area (Å²) in [7, 11) is 1.62. The van der Waals surface area contributed by atoms with Crippen molar-refractivity contribution < 1.29 is 9.53 Å². The van der Waals surface area contributed by atoms with Gasteiger partial charge in [0.2, 0.25) is 5.91 Å². The average molecular weight is 320 g/mol. The fourth-order valence-electron chi connectivity index (χ4n) is 1.97. The Balaban J connectivity index is 2.56. The summed E-state index contributed by atoms with van der Waals surface area (Å²) in [5.41, 5.74) is 0.931. The SMILES string of the molecule is CCCN(CCC)C(=S)NC(=O)/C=C/c1ccc(OC)cc1. The molecule has 0 radical (unpaired) electrons. The highest BCUT2D eigenvalue weighted by atomic mass is 32.1. The molecule has 0 atom stereocenters. The number of thiocarbonyl (C=S) groups is 1. The highest BCUT2D eigenvalue weighted by Crippen LogP contribution is 2.12. The Morgan fingerprint density at radius 1 is 1.23 bits per heavy atom. The van der Waals surface area contributed by atoms with Crippen LogP contribution in [0.5, 0.6) is 5.75 Å². The zero-order valence-corrected chi connectivity index (χ0v) is 14.3. The molecule has 1 aromatic rings. The van der Waals surface area contributed by atoms with Crippen molar-refractivity contribution in [1.82, 2.24) is 10.2 Å². The van der Waals surface area contributed by atoms with Crippen LogP contribution in [0.3, 0.4) is 0 Å². The van der Waals surface area contributed by atoms with Crippen molar-refractivity contribution in [2.75, 3.05) is 20.2 Å². The quantitative estimate of drug-likeness (QED) is 0.619. The van der Waals surface area contributed by atoms with E-state index in [1.165, 1.54) is 6.08 Å². The molecule has 0 aliphatic heterocycles. The number of carbonyl (C=O) groups excluding carboxylic acids is 1. The van der Waals surface area contributed by atoms with Gasteiger partial charge in [-0.1, -0.05) is 26.0 Å². The van der Waals surface area contributed by atoms with Gasteiger partial charge in [-0.3, -0.25) is 10.1 Å². The van der Waals surface area contributed by atoms with Gasteiger partial charge in [-0.05, 0) is 48.8 Å². The Morgan fingerprint density at radius 3 is 2.32 bits per heavy atom. The summed E-state index contributed by atoms with van der Waals surface area (Å²) >= 11 is 5.29. The van der Waals surface area contributed by atoms with Crippen LogP contribution in [0.2, 0.25) is 0 Å². The minimum Gasteiger partial charge on any atom is -0.497 e. The zero-order chi connectivity index (χ0) is 16.4. The van der Waals surface area contributed by atoms with E-state index in [0.29, 0.717) is 5.11 Å². The first-order chi connectivity index (χ1) is 10.6. The van der Waals surface area contributed by atoms with E-state index in [-0.39, 0.29) is 5.91 Å². The smallest absolute Gasteiger partial charge is 0.250 e. The molecule has 22 heavy (non-hydrogen) atoms. The lowest BCUT2D eigenvalue weighted by molar-refractivity contribution is -0.115. The van der Waals surface area contributed by atoms with Crippen LogP contribution >= 0.6 is 12.2 Å². The van der Waals surface area contributed by atoms with Gasteiger partial charge >= 0.3 is 0 Å². The minimum absolute atomic E-state index is 0.210. The fourth-order valence-corrected chi connectivity index (χ4v) is 2.25. The maximum Gasteiger partial charge on any atom is 0.250 e. The van der Waals surface area contributed by atoms with Gasteiger partial charge in [-0.15, -0.1) is 0 Å². The number of ether oxygens (including phenoxy) is 1. The largest absolute Gasteiger partial charge is 0.497 e. The molecule has 0 fully saturated rings. The Morgan fingerprint density at radius 2 is 1.82 bits per heavy atom. The molecule has 0 aromatic heterocycles. The summed E-state index contributed by atoms with van der Waals surface area (Å²) in [6.45, 7) is 5.90. The second-order valence-corrected chi connectivity index (χ2v) is 5.27. The lowest BCUT2D eigenvalue weighted by Gasteiger charge is -2.23. The third-order valence-corrected chi connectivity index (χ3v) is 3.41. The van der Waals surface area contributed by atoms with E-state index in [1.54, 1.807) is 13.2 Å². The van der Waals surface area contributed by atoms with Crippen molar-refractivity contribution in [3.63, 3.8) is 0 Å². The lowest BCUT2D eigenvalue weighted by atomic mass is 10.2. The van der Waals surface area contributed by atoms with Crippen molar-refractivity contribution in [3.05, 3.63) is 35.9 Å². The van der Waals surface area contributed by atoms with Gasteiger partial charge in [-0.2, -0.15) is 0 Å². The van der Waals surface area contributed by atoms with E-state index in [4.69, 9.17) is 17.0 Å². The molecule has 120 valence electrons. The molecule has 1 amide bonds. The molecule has 0 unspecified atom stereocenters. The van der Waals surface area contributed by atoms with Gasteiger partial charge in [0.15, 0.2) is 5.11 Å². The van der Waals surface area contributed by atoms with E-state index in [9.17, 15) is 4.79 Å². The fraction of sp³-hybridized carbons (Fsp3) is 0.412. The number of benzene rings is 1. The van der Waals surface area contributed by atoms with E-state index < -0.39 is 0 Å². The summed E-state index contributed by atoms with van der Waals surface area (Å²) in [4.78, 5) is 13.9. The monoisotopic (exact) mass is 320 g/mol. The predicted octanol–water partition coefficient (Wildman–Crippen LogP) is 3.23. The summed E-state index contributed by atoms with van der Waals surface area (Å²) in [5, 5.41) is 3.24. The number of rotatable bonds is 7. The molecule has 0 saturated carbocycles. The summed E-state index contributed by atoms with van der Waals surface area (Å²) in [5.74, 6) is 0.579. The van der Waals surface area contributed by atoms with Crippen LogP contribution in [-0.4, -0.2) is 36.1 Å². The molecular weight excluding hydrogens is 296 g/mol. The molecule has 0 aliphatic carbocycles. The van der Waals surface area contributed by atoms with Crippen molar-refractivity contribution in [1.29, 1.82) is 0 Å². The lowest BCUT2D eigenvalue weighted by Crippen LogP contribution is -2.42. The molecular formula is C17H24N2O2S. The van der Waals surface area contributed by atoms with E-state index in [2.05, 4.69) is 19.2 Å². The van der Waals surface area contributed by atoms with Crippen LogP contribution in [0, 0.1) is 0 Å². The molecule has 0 heterocycles. The molecule has 0 bridgehead atoms. The number of nitrogens with one attached hydrogen (secondary N) is 1. The van der Waals surface area contributed by atoms with Gasteiger partial charge in [-0.25, -0.2) is 0 Å². The first-order valence-electron chi connectivity index (χ1n) is 7.52. The first kappa shape index (κ1) is 18.2. The van der Waals surface area contributed by atoms with Crippen molar-refractivity contribution in [2.45, 2.75) is 26.7 Å². The summed E-state index contributed by atoms with van der Waals surface area (Å²) in [6.07, 6.45) is 5.24. The topological polar surface area (TPSA) is 41.6 Å². The molecule has 1 rings (SSSR count). The zero-order valence-electron chi connectivity index (χ0n) is 13.5. The summed E-state index contributed by atoms with van der Waals surface area (Å²) in [6, 6.07) is 7.49. The highest BCUT2D eigenvalue weighted by Gasteiger charge is 2.09. The average Bonchev–Trinajstić information content (AvgIpc) is 2.53. The molecule has 1 N–H and O–H groups in total. The first-order valence-corrected chi connectivity index (χ1v) is 7.93. The molecule has 1 aromatic carbocycles. The van der Waals surface area contributed by atoms with Gasteiger partial charge in [0.1, 0.15) is 5.75 Å². The maximum absolute atomic E-state index is 11.9. The Labute approximate surface area is 138 Å². The molecule has 0 spiro atoms. The Kier molecular flexibility index (Phi) is 8.22. The van der Waals surface area contributed by atoms with Crippen molar-refractivity contribution in [3.8, 4) is 5.75 Å². The van der Waals surface area contributed by atoms with Crippen LogP contribution in [0.4, 0.5) is 0 Å². The maximum atomic E-state index is 11.9. The number of nitrogens with zero attached hydrogens (tertiary/aromatic N) is 1. The molecule has 0 aliphatic rings.